The maximum Gasteiger partial charge on any atom is 0.0460 e. The van der Waals surface area contributed by atoms with E-state index in [9.17, 15) is 0 Å². The van der Waals surface area contributed by atoms with E-state index in [0.29, 0.717) is 0 Å². The van der Waals surface area contributed by atoms with Gasteiger partial charge in [-0.05, 0) is 46.9 Å². The van der Waals surface area contributed by atoms with Gasteiger partial charge in [-0.1, -0.05) is 60.8 Å². The van der Waals surface area contributed by atoms with Crippen LogP contribution in [0.3, 0.4) is 0 Å². The van der Waals surface area contributed by atoms with Gasteiger partial charge in [-0.2, -0.15) is 0 Å². The lowest BCUT2D eigenvalue weighted by molar-refractivity contribution is 0.455. The monoisotopic (exact) mass is 334 g/mol. The molecule has 2 nitrogen and oxygen atoms in total. The number of hydrogen-bond donors (Lipinski definition) is 2. The summed E-state index contributed by atoms with van der Waals surface area (Å²) in [6, 6.07) is 13.2. The molecule has 2 aromatic rings. The van der Waals surface area contributed by atoms with Crippen LogP contribution in [0.1, 0.15) is 44.7 Å². The van der Waals surface area contributed by atoms with E-state index in [4.69, 9.17) is 5.84 Å². The van der Waals surface area contributed by atoms with E-state index < -0.39 is 0 Å². The van der Waals surface area contributed by atoms with Crippen LogP contribution in [0, 0.1) is 5.92 Å². The first kappa shape index (κ1) is 15.5. The molecule has 108 valence electrons. The molecule has 0 bridgehead atoms. The summed E-state index contributed by atoms with van der Waals surface area (Å²) in [7, 11) is 0. The normalized spacial score (nSPS) is 13.1. The van der Waals surface area contributed by atoms with Crippen molar-refractivity contribution in [1.29, 1.82) is 0 Å². The quantitative estimate of drug-likeness (QED) is 0.580. The van der Waals surface area contributed by atoms with Gasteiger partial charge in [-0.25, -0.2) is 0 Å². The molecule has 20 heavy (non-hydrogen) atoms. The molecular formula is C17H23BrN2. The van der Waals surface area contributed by atoms with Crippen molar-refractivity contribution in [2.45, 2.75) is 39.2 Å². The third kappa shape index (κ3) is 4.05. The van der Waals surface area contributed by atoms with Crippen molar-refractivity contribution in [3.8, 4) is 0 Å². The average molecular weight is 335 g/mol. The van der Waals surface area contributed by atoms with Crippen LogP contribution in [0.2, 0.25) is 0 Å². The highest BCUT2D eigenvalue weighted by atomic mass is 79.9. The van der Waals surface area contributed by atoms with E-state index in [2.05, 4.69) is 71.6 Å². The standard InChI is InChI=1S/C17H23BrN2/c1-12(2)4-3-5-17(20-19)15-7-6-14-11-16(18)9-8-13(14)10-15/h6-12,17,20H,3-5,19H2,1-2H3. The summed E-state index contributed by atoms with van der Waals surface area (Å²) in [5.41, 5.74) is 4.23. The van der Waals surface area contributed by atoms with Crippen molar-refractivity contribution in [3.63, 3.8) is 0 Å². The average Bonchev–Trinajstić information content (AvgIpc) is 2.43. The molecule has 0 aliphatic carbocycles. The van der Waals surface area contributed by atoms with Crippen molar-refractivity contribution < 1.29 is 0 Å². The van der Waals surface area contributed by atoms with Crippen molar-refractivity contribution in [2.24, 2.45) is 11.8 Å². The topological polar surface area (TPSA) is 38.0 Å². The number of benzene rings is 2. The second-order valence-electron chi connectivity index (χ2n) is 5.79. The minimum atomic E-state index is 0.238. The van der Waals surface area contributed by atoms with Crippen LogP contribution >= 0.6 is 15.9 Å². The van der Waals surface area contributed by atoms with Crippen LogP contribution < -0.4 is 11.3 Å². The molecule has 1 atom stereocenters. The number of hydrogen-bond acceptors (Lipinski definition) is 2. The van der Waals surface area contributed by atoms with Gasteiger partial charge in [0.15, 0.2) is 0 Å². The van der Waals surface area contributed by atoms with Gasteiger partial charge in [0.05, 0.1) is 0 Å². The van der Waals surface area contributed by atoms with Crippen molar-refractivity contribution in [1.82, 2.24) is 5.43 Å². The van der Waals surface area contributed by atoms with E-state index in [1.165, 1.54) is 29.2 Å². The molecule has 2 aromatic carbocycles. The van der Waals surface area contributed by atoms with E-state index >= 15 is 0 Å². The fourth-order valence-electron chi connectivity index (χ4n) is 2.53. The summed E-state index contributed by atoms with van der Waals surface area (Å²) < 4.78 is 1.11. The zero-order chi connectivity index (χ0) is 14.5. The first-order valence-corrected chi connectivity index (χ1v) is 8.05. The highest BCUT2D eigenvalue weighted by molar-refractivity contribution is 9.10. The zero-order valence-corrected chi connectivity index (χ0v) is 13.8. The summed E-state index contributed by atoms with van der Waals surface area (Å²) in [6.45, 7) is 4.53. The third-order valence-electron chi connectivity index (χ3n) is 3.70. The molecule has 3 N–H and O–H groups in total. The lowest BCUT2D eigenvalue weighted by Gasteiger charge is -2.17. The molecule has 1 unspecified atom stereocenters. The number of hydrazine groups is 1. The largest absolute Gasteiger partial charge is 0.271 e. The molecule has 0 radical (unpaired) electrons. The van der Waals surface area contributed by atoms with E-state index in [-0.39, 0.29) is 6.04 Å². The number of nitrogens with two attached hydrogens (primary N) is 1. The molecule has 3 heteroatoms. The maximum atomic E-state index is 5.73. The molecular weight excluding hydrogens is 312 g/mol. The lowest BCUT2D eigenvalue weighted by Crippen LogP contribution is -2.28. The van der Waals surface area contributed by atoms with Gasteiger partial charge in [-0.3, -0.25) is 11.3 Å². The van der Waals surface area contributed by atoms with Gasteiger partial charge in [0.25, 0.3) is 0 Å². The summed E-state index contributed by atoms with van der Waals surface area (Å²) in [5.74, 6) is 6.48. The molecule has 0 fully saturated rings. The number of halogens is 1. The molecule has 0 aromatic heterocycles. The molecule has 0 aliphatic rings. The smallest absolute Gasteiger partial charge is 0.0460 e. The number of fused-ring (bicyclic) bond motifs is 1. The van der Waals surface area contributed by atoms with Gasteiger partial charge < -0.3 is 0 Å². The third-order valence-corrected chi connectivity index (χ3v) is 4.20. The van der Waals surface area contributed by atoms with E-state index in [1.807, 2.05) is 0 Å². The minimum Gasteiger partial charge on any atom is -0.271 e. The highest BCUT2D eigenvalue weighted by Crippen LogP contribution is 2.26. The number of rotatable bonds is 6. The van der Waals surface area contributed by atoms with Gasteiger partial charge in [-0.15, -0.1) is 0 Å². The molecule has 0 spiro atoms. The molecule has 0 amide bonds. The Morgan fingerprint density at radius 1 is 1.05 bits per heavy atom. The zero-order valence-electron chi connectivity index (χ0n) is 12.2. The Kier molecular flexibility index (Phi) is 5.58. The van der Waals surface area contributed by atoms with Crippen molar-refractivity contribution in [2.75, 3.05) is 0 Å². The Morgan fingerprint density at radius 3 is 2.45 bits per heavy atom. The van der Waals surface area contributed by atoms with Crippen LogP contribution in [0.15, 0.2) is 40.9 Å². The van der Waals surface area contributed by atoms with Crippen LogP contribution in [-0.4, -0.2) is 0 Å². The molecule has 0 saturated carbocycles. The summed E-state index contributed by atoms with van der Waals surface area (Å²) in [6.07, 6.45) is 3.53. The van der Waals surface area contributed by atoms with Crippen LogP contribution in [0.25, 0.3) is 10.8 Å². The predicted octanol–water partition coefficient (Wildman–Crippen LogP) is 4.93. The Bertz CT molecular complexity index is 566. The van der Waals surface area contributed by atoms with Gasteiger partial charge in [0.1, 0.15) is 0 Å². The summed E-state index contributed by atoms with van der Waals surface area (Å²) in [5, 5.41) is 2.51. The van der Waals surface area contributed by atoms with E-state index in [1.54, 1.807) is 0 Å². The SMILES string of the molecule is CC(C)CCCC(NN)c1ccc2cc(Br)ccc2c1. The second kappa shape index (κ2) is 7.21. The Labute approximate surface area is 129 Å². The Morgan fingerprint density at radius 2 is 1.75 bits per heavy atom. The number of nitrogens with one attached hydrogen (secondary N) is 1. The second-order valence-corrected chi connectivity index (χ2v) is 6.71. The predicted molar refractivity (Wildman–Crippen MR) is 90.4 cm³/mol. The summed E-state index contributed by atoms with van der Waals surface area (Å²) in [4.78, 5) is 0. The molecule has 2 rings (SSSR count). The minimum absolute atomic E-state index is 0.238. The fraction of sp³-hybridized carbons (Fsp3) is 0.412. The molecule has 0 saturated heterocycles. The van der Waals surface area contributed by atoms with Crippen molar-refractivity contribution >= 4 is 26.7 Å². The fourth-order valence-corrected chi connectivity index (χ4v) is 2.91. The Hall–Kier alpha value is -0.900. The van der Waals surface area contributed by atoms with Gasteiger partial charge >= 0.3 is 0 Å². The van der Waals surface area contributed by atoms with Crippen molar-refractivity contribution in [3.05, 3.63) is 46.4 Å². The first-order valence-electron chi connectivity index (χ1n) is 7.25. The van der Waals surface area contributed by atoms with Crippen LogP contribution in [-0.2, 0) is 0 Å². The summed E-state index contributed by atoms with van der Waals surface area (Å²) >= 11 is 3.51. The maximum absolute atomic E-state index is 5.73. The van der Waals surface area contributed by atoms with Crippen LogP contribution in [0.5, 0.6) is 0 Å². The highest BCUT2D eigenvalue weighted by Gasteiger charge is 2.10. The Balaban J connectivity index is 2.15. The van der Waals surface area contributed by atoms with Gasteiger partial charge in [0.2, 0.25) is 0 Å². The van der Waals surface area contributed by atoms with E-state index in [0.717, 1.165) is 16.8 Å². The molecule has 0 aliphatic heterocycles. The first-order chi connectivity index (χ1) is 9.60. The molecule has 0 heterocycles. The van der Waals surface area contributed by atoms with Gasteiger partial charge in [0, 0.05) is 10.5 Å². The van der Waals surface area contributed by atoms with Crippen LogP contribution in [0.4, 0.5) is 0 Å². The lowest BCUT2D eigenvalue weighted by atomic mass is 9.96.